The van der Waals surface area contributed by atoms with Crippen molar-refractivity contribution in [2.45, 2.75) is 64.6 Å². The minimum absolute atomic E-state index is 0.00172. The van der Waals surface area contributed by atoms with E-state index in [-0.39, 0.29) is 43.0 Å². The molecule has 2 fully saturated rings. The zero-order chi connectivity index (χ0) is 32.9. The van der Waals surface area contributed by atoms with Crippen LogP contribution in [0.25, 0.3) is 0 Å². The molecule has 3 atom stereocenters. The molecule has 4 heterocycles. The molecule has 0 unspecified atom stereocenters. The fraction of sp³-hybridized carbons (Fsp3) is 0.533. The SMILES string of the molecule is [2H]C([2H])(CC(C)(C)C(=O)O)N1CC[C@H]2[C@@H]1C(F)(F)CN2CC1=C(C(=O)OCC)[C@H](c2cccc(F)c2C)N=C(c2nccs2)N1. The van der Waals surface area contributed by atoms with E-state index in [0.717, 1.165) is 4.90 Å². The van der Waals surface area contributed by atoms with E-state index < -0.39 is 66.7 Å². The predicted octanol–water partition coefficient (Wildman–Crippen LogP) is 4.39. The van der Waals surface area contributed by atoms with Gasteiger partial charge in [0, 0.05) is 39.1 Å². The van der Waals surface area contributed by atoms with Crippen molar-refractivity contribution in [2.75, 3.05) is 32.7 Å². The lowest BCUT2D eigenvalue weighted by Crippen LogP contribution is -2.46. The molecule has 232 valence electrons. The van der Waals surface area contributed by atoms with Crippen LogP contribution in [0.2, 0.25) is 0 Å². The number of alkyl halides is 2. The van der Waals surface area contributed by atoms with E-state index in [1.807, 2.05) is 0 Å². The summed E-state index contributed by atoms with van der Waals surface area (Å²) in [7, 11) is 0. The standard InChI is InChI=1S/C30H36F3N5O4S/c1-5-42-27(39)22-20(35-25(26-34-11-14-43-26)36-23(22)18-7-6-8-19(31)17(18)2)15-38-16-30(32,33)24-21(38)9-12-37(24)13-10-29(3,4)28(40)41/h6-8,11,14,21,23-24H,5,9-10,12-13,15-16H2,1-4H3,(H,35,36)(H,40,41)/t21-,23-,24+/m0/s1/i13D2. The van der Waals surface area contributed by atoms with Crippen molar-refractivity contribution in [3.63, 3.8) is 0 Å². The largest absolute Gasteiger partial charge is 0.481 e. The molecule has 1 aromatic carbocycles. The van der Waals surface area contributed by atoms with Crippen LogP contribution in [-0.2, 0) is 14.3 Å². The number of benzene rings is 1. The number of nitrogens with one attached hydrogen (secondary N) is 1. The number of thiazole rings is 1. The van der Waals surface area contributed by atoms with Gasteiger partial charge in [-0.25, -0.2) is 22.9 Å². The predicted molar refractivity (Wildman–Crippen MR) is 156 cm³/mol. The maximum atomic E-state index is 15.8. The summed E-state index contributed by atoms with van der Waals surface area (Å²) in [5.41, 5.74) is -0.468. The van der Waals surface area contributed by atoms with Crippen LogP contribution in [-0.4, -0.2) is 88.4 Å². The van der Waals surface area contributed by atoms with Gasteiger partial charge in [-0.1, -0.05) is 12.1 Å². The molecule has 3 aliphatic rings. The number of amidine groups is 1. The molecule has 2 saturated heterocycles. The van der Waals surface area contributed by atoms with Crippen LogP contribution in [0.15, 0.2) is 46.0 Å². The number of fused-ring (bicyclic) bond motifs is 1. The highest BCUT2D eigenvalue weighted by Crippen LogP contribution is 2.43. The van der Waals surface area contributed by atoms with Gasteiger partial charge < -0.3 is 15.2 Å². The van der Waals surface area contributed by atoms with Crippen LogP contribution in [0.4, 0.5) is 13.2 Å². The molecule has 0 bridgehead atoms. The minimum Gasteiger partial charge on any atom is -0.481 e. The van der Waals surface area contributed by atoms with Crippen molar-refractivity contribution in [2.24, 2.45) is 10.4 Å². The summed E-state index contributed by atoms with van der Waals surface area (Å²) in [6.45, 7) is 2.81. The number of halogens is 3. The Bertz CT molecular complexity index is 1540. The van der Waals surface area contributed by atoms with Gasteiger partial charge in [0.1, 0.15) is 11.9 Å². The minimum atomic E-state index is -3.34. The second-order valence-corrected chi connectivity index (χ2v) is 12.5. The summed E-state index contributed by atoms with van der Waals surface area (Å²) in [4.78, 5) is 36.9. The highest BCUT2D eigenvalue weighted by atomic mass is 32.1. The average Bonchev–Trinajstić information content (AvgIpc) is 3.69. The molecular formula is C30H36F3N5O4S. The summed E-state index contributed by atoms with van der Waals surface area (Å²) in [5, 5.41) is 14.9. The molecule has 1 aromatic heterocycles. The van der Waals surface area contributed by atoms with Crippen molar-refractivity contribution >= 4 is 29.1 Å². The number of ether oxygens (including phenoxy) is 1. The lowest BCUT2D eigenvalue weighted by atomic mass is 9.89. The molecule has 0 amide bonds. The second kappa shape index (κ2) is 12.0. The Morgan fingerprint density at radius 2 is 2.09 bits per heavy atom. The van der Waals surface area contributed by atoms with E-state index in [2.05, 4.69) is 10.3 Å². The first kappa shape index (κ1) is 28.5. The molecule has 0 aliphatic carbocycles. The Balaban J connectivity index is 1.54. The highest BCUT2D eigenvalue weighted by Gasteiger charge is 2.59. The molecule has 2 aromatic rings. The number of hydrogen-bond donors (Lipinski definition) is 2. The van der Waals surface area contributed by atoms with Crippen LogP contribution >= 0.6 is 11.3 Å². The number of aliphatic carboxylic acids is 1. The number of rotatable bonds is 10. The quantitative estimate of drug-likeness (QED) is 0.377. The summed E-state index contributed by atoms with van der Waals surface area (Å²) in [6, 6.07) is 1.15. The van der Waals surface area contributed by atoms with Gasteiger partial charge in [-0.15, -0.1) is 11.3 Å². The summed E-state index contributed by atoms with van der Waals surface area (Å²) < 4.78 is 69.1. The van der Waals surface area contributed by atoms with Crippen molar-refractivity contribution in [3.05, 3.63) is 63.0 Å². The molecule has 0 saturated carbocycles. The number of carbonyl (C=O) groups excluding carboxylic acids is 1. The topological polar surface area (TPSA) is 107 Å². The van der Waals surface area contributed by atoms with E-state index in [4.69, 9.17) is 12.5 Å². The van der Waals surface area contributed by atoms with Crippen molar-refractivity contribution < 1.29 is 35.3 Å². The van der Waals surface area contributed by atoms with Crippen LogP contribution < -0.4 is 5.32 Å². The van der Waals surface area contributed by atoms with Crippen molar-refractivity contribution in [3.8, 4) is 0 Å². The number of carbonyl (C=O) groups is 2. The molecule has 43 heavy (non-hydrogen) atoms. The monoisotopic (exact) mass is 621 g/mol. The third-order valence-corrected chi connectivity index (χ3v) is 8.99. The molecule has 5 rings (SSSR count). The van der Waals surface area contributed by atoms with Gasteiger partial charge in [-0.05, 0) is 64.2 Å². The van der Waals surface area contributed by atoms with Gasteiger partial charge in [0.25, 0.3) is 5.92 Å². The maximum absolute atomic E-state index is 15.8. The Morgan fingerprint density at radius 3 is 2.77 bits per heavy atom. The first-order chi connectivity index (χ1) is 21.1. The number of esters is 1. The fourth-order valence-corrected chi connectivity index (χ4v) is 6.43. The third kappa shape index (κ3) is 6.07. The molecule has 0 spiro atoms. The Hall–Kier alpha value is -3.29. The molecule has 3 aliphatic heterocycles. The lowest BCUT2D eigenvalue weighted by molar-refractivity contribution is -0.147. The first-order valence-electron chi connectivity index (χ1n) is 15.1. The number of hydrogen-bond acceptors (Lipinski definition) is 9. The van der Waals surface area contributed by atoms with Gasteiger partial charge in [-0.2, -0.15) is 0 Å². The fourth-order valence-electron chi connectivity index (χ4n) is 5.84. The zero-order valence-corrected chi connectivity index (χ0v) is 25.2. The van der Waals surface area contributed by atoms with E-state index >= 15 is 8.78 Å². The summed E-state index contributed by atoms with van der Waals surface area (Å²) in [6.07, 6.45) is 1.31. The van der Waals surface area contributed by atoms with Gasteiger partial charge in [0.2, 0.25) is 0 Å². The van der Waals surface area contributed by atoms with E-state index in [1.165, 1.54) is 42.2 Å². The average molecular weight is 622 g/mol. The zero-order valence-electron chi connectivity index (χ0n) is 26.4. The third-order valence-electron chi connectivity index (χ3n) is 8.21. The second-order valence-electron chi connectivity index (χ2n) is 11.6. The molecule has 0 radical (unpaired) electrons. The molecule has 9 nitrogen and oxygen atoms in total. The normalized spacial score (nSPS) is 25.1. The van der Waals surface area contributed by atoms with Crippen molar-refractivity contribution in [1.29, 1.82) is 0 Å². The smallest absolute Gasteiger partial charge is 0.338 e. The van der Waals surface area contributed by atoms with Gasteiger partial charge in [0.15, 0.2) is 10.8 Å². The number of nitrogens with zero attached hydrogens (tertiary/aromatic N) is 4. The number of likely N-dealkylation sites (tertiary alicyclic amines) is 2. The van der Waals surface area contributed by atoms with Gasteiger partial charge >= 0.3 is 11.9 Å². The summed E-state index contributed by atoms with van der Waals surface area (Å²) in [5.74, 6) is -5.48. The molecule has 2 N–H and O–H groups in total. The lowest BCUT2D eigenvalue weighted by Gasteiger charge is -2.31. The Labute approximate surface area is 255 Å². The van der Waals surface area contributed by atoms with Crippen LogP contribution in [0.1, 0.15) is 58.5 Å². The maximum Gasteiger partial charge on any atom is 0.338 e. The number of aliphatic imine (C=N–C) groups is 1. The Kier molecular flexibility index (Phi) is 7.95. The number of carboxylic acid groups (broad SMARTS) is 1. The number of aromatic nitrogens is 1. The molecule has 13 heteroatoms. The Morgan fingerprint density at radius 1 is 1.33 bits per heavy atom. The van der Waals surface area contributed by atoms with Crippen LogP contribution in [0, 0.1) is 18.2 Å². The van der Waals surface area contributed by atoms with Gasteiger partial charge in [-0.3, -0.25) is 19.6 Å². The van der Waals surface area contributed by atoms with E-state index in [0.29, 0.717) is 16.4 Å². The van der Waals surface area contributed by atoms with E-state index in [9.17, 15) is 19.1 Å². The number of carboxylic acids is 1. The first-order valence-corrected chi connectivity index (χ1v) is 15.0. The van der Waals surface area contributed by atoms with Crippen molar-refractivity contribution in [1.82, 2.24) is 20.1 Å². The summed E-state index contributed by atoms with van der Waals surface area (Å²) >= 11 is 1.28. The highest BCUT2D eigenvalue weighted by molar-refractivity contribution is 7.11. The van der Waals surface area contributed by atoms with Crippen LogP contribution in [0.3, 0.4) is 0 Å². The van der Waals surface area contributed by atoms with Crippen LogP contribution in [0.5, 0.6) is 0 Å². The van der Waals surface area contributed by atoms with Gasteiger partial charge in [0.05, 0.1) is 30.2 Å². The molecular weight excluding hydrogens is 583 g/mol. The van der Waals surface area contributed by atoms with E-state index in [1.54, 1.807) is 31.5 Å².